The number of ether oxygens (including phenoxy) is 1. The molecule has 5 heteroatoms. The summed E-state index contributed by atoms with van der Waals surface area (Å²) in [5.41, 5.74) is 7.95. The van der Waals surface area contributed by atoms with Gasteiger partial charge in [-0.2, -0.15) is 0 Å². The number of anilines is 1. The van der Waals surface area contributed by atoms with E-state index in [1.54, 1.807) is 0 Å². The first-order valence-electron chi connectivity index (χ1n) is 8.49. The molecule has 0 spiro atoms. The molecule has 1 aromatic carbocycles. The molecule has 1 aliphatic rings. The van der Waals surface area contributed by atoms with E-state index in [2.05, 4.69) is 24.8 Å². The van der Waals surface area contributed by atoms with E-state index in [0.29, 0.717) is 18.3 Å². The molecule has 1 fully saturated rings. The molecule has 0 aliphatic carbocycles. The Hall–Kier alpha value is -1.75. The maximum absolute atomic E-state index is 11.0. The number of hydrogen-bond acceptors (Lipinski definition) is 4. The first kappa shape index (κ1) is 17.6. The first-order valence-corrected chi connectivity index (χ1v) is 8.49. The maximum Gasteiger partial charge on any atom is 0.306 e. The van der Waals surface area contributed by atoms with Crippen LogP contribution in [0.3, 0.4) is 0 Å². The van der Waals surface area contributed by atoms with Crippen molar-refractivity contribution in [1.29, 1.82) is 0 Å². The summed E-state index contributed by atoms with van der Waals surface area (Å²) >= 11 is 0. The Balaban J connectivity index is 1.89. The van der Waals surface area contributed by atoms with E-state index in [9.17, 15) is 4.79 Å². The Kier molecular flexibility index (Phi) is 6.28. The third-order valence-corrected chi connectivity index (χ3v) is 4.57. The summed E-state index contributed by atoms with van der Waals surface area (Å²) in [4.78, 5) is 13.4. The number of nitrogens with two attached hydrogens (primary N) is 1. The number of carbonyl (C=O) groups is 1. The van der Waals surface area contributed by atoms with Gasteiger partial charge >= 0.3 is 5.97 Å². The van der Waals surface area contributed by atoms with Gasteiger partial charge in [0, 0.05) is 6.04 Å². The standard InChI is InChI=1S/C18H28N2O3/c1-3-10-23-17-5-4-14(12-16(17)19)11-13(2)20-8-6-15(7-9-20)18(21)22/h4-5,12-13,15H,3,6-11,19H2,1-2H3,(H,21,22). The van der Waals surface area contributed by atoms with Gasteiger partial charge in [-0.25, -0.2) is 0 Å². The number of piperidine rings is 1. The summed E-state index contributed by atoms with van der Waals surface area (Å²) in [6.07, 6.45) is 3.36. The van der Waals surface area contributed by atoms with Crippen LogP contribution >= 0.6 is 0 Å². The largest absolute Gasteiger partial charge is 0.491 e. The zero-order valence-electron chi connectivity index (χ0n) is 14.1. The highest BCUT2D eigenvalue weighted by atomic mass is 16.5. The predicted octanol–water partition coefficient (Wildman–Crippen LogP) is 2.79. The second-order valence-electron chi connectivity index (χ2n) is 6.42. The average molecular weight is 320 g/mol. The topological polar surface area (TPSA) is 75.8 Å². The second-order valence-corrected chi connectivity index (χ2v) is 6.42. The van der Waals surface area contributed by atoms with E-state index in [4.69, 9.17) is 15.6 Å². The fourth-order valence-electron chi connectivity index (χ4n) is 3.13. The van der Waals surface area contributed by atoms with Gasteiger partial charge in [0.15, 0.2) is 0 Å². The van der Waals surface area contributed by atoms with E-state index in [1.807, 2.05) is 12.1 Å². The number of carboxylic acids is 1. The van der Waals surface area contributed by atoms with Crippen LogP contribution in [0.1, 0.15) is 38.7 Å². The SMILES string of the molecule is CCCOc1ccc(CC(C)N2CCC(C(=O)O)CC2)cc1N. The number of carboxylic acid groups (broad SMARTS) is 1. The number of likely N-dealkylation sites (tertiary alicyclic amines) is 1. The van der Waals surface area contributed by atoms with Crippen molar-refractivity contribution in [3.63, 3.8) is 0 Å². The lowest BCUT2D eigenvalue weighted by atomic mass is 9.95. The molecule has 0 bridgehead atoms. The van der Waals surface area contributed by atoms with Gasteiger partial charge in [0.2, 0.25) is 0 Å². The van der Waals surface area contributed by atoms with Gasteiger partial charge in [-0.05, 0) is 63.4 Å². The fourth-order valence-corrected chi connectivity index (χ4v) is 3.13. The summed E-state index contributed by atoms with van der Waals surface area (Å²) < 4.78 is 5.61. The Morgan fingerprint density at radius 1 is 1.43 bits per heavy atom. The van der Waals surface area contributed by atoms with Gasteiger partial charge in [-0.1, -0.05) is 13.0 Å². The van der Waals surface area contributed by atoms with Crippen LogP contribution in [0.4, 0.5) is 5.69 Å². The third kappa shape index (κ3) is 4.86. The molecular weight excluding hydrogens is 292 g/mol. The molecule has 1 unspecified atom stereocenters. The monoisotopic (exact) mass is 320 g/mol. The highest BCUT2D eigenvalue weighted by molar-refractivity contribution is 5.70. The quantitative estimate of drug-likeness (QED) is 0.756. The minimum Gasteiger partial charge on any atom is -0.491 e. The number of rotatable bonds is 7. The normalized spacial score (nSPS) is 17.8. The van der Waals surface area contributed by atoms with E-state index in [1.165, 1.54) is 5.56 Å². The highest BCUT2D eigenvalue weighted by Gasteiger charge is 2.26. The minimum absolute atomic E-state index is 0.177. The van der Waals surface area contributed by atoms with Crippen LogP contribution in [0.15, 0.2) is 18.2 Å². The number of nitrogen functional groups attached to an aromatic ring is 1. The van der Waals surface area contributed by atoms with Gasteiger partial charge in [0.1, 0.15) is 5.75 Å². The van der Waals surface area contributed by atoms with Crippen molar-refractivity contribution < 1.29 is 14.6 Å². The lowest BCUT2D eigenvalue weighted by Crippen LogP contribution is -2.42. The van der Waals surface area contributed by atoms with E-state index >= 15 is 0 Å². The van der Waals surface area contributed by atoms with Crippen LogP contribution in [0, 0.1) is 5.92 Å². The molecule has 0 saturated carbocycles. The van der Waals surface area contributed by atoms with Gasteiger partial charge in [0.05, 0.1) is 18.2 Å². The van der Waals surface area contributed by atoms with Crippen LogP contribution in [0.2, 0.25) is 0 Å². The Bertz CT molecular complexity index is 525. The fraction of sp³-hybridized carbons (Fsp3) is 0.611. The summed E-state index contributed by atoms with van der Waals surface area (Å²) in [6, 6.07) is 6.39. The van der Waals surface area contributed by atoms with E-state index < -0.39 is 5.97 Å². The molecule has 0 amide bonds. The summed E-state index contributed by atoms with van der Waals surface area (Å²) in [5, 5.41) is 9.07. The summed E-state index contributed by atoms with van der Waals surface area (Å²) in [5.74, 6) is -0.0811. The Morgan fingerprint density at radius 3 is 2.70 bits per heavy atom. The lowest BCUT2D eigenvalue weighted by Gasteiger charge is -2.34. The number of benzene rings is 1. The minimum atomic E-state index is -0.659. The van der Waals surface area contributed by atoms with Gasteiger partial charge in [0.25, 0.3) is 0 Å². The molecule has 0 aromatic heterocycles. The zero-order valence-corrected chi connectivity index (χ0v) is 14.1. The lowest BCUT2D eigenvalue weighted by molar-refractivity contribution is -0.143. The average Bonchev–Trinajstić information content (AvgIpc) is 2.54. The van der Waals surface area contributed by atoms with Crippen LogP contribution in [0.25, 0.3) is 0 Å². The zero-order chi connectivity index (χ0) is 16.8. The molecular formula is C18H28N2O3. The van der Waals surface area contributed by atoms with Crippen molar-refractivity contribution in [2.75, 3.05) is 25.4 Å². The first-order chi connectivity index (χ1) is 11.0. The van der Waals surface area contributed by atoms with Gasteiger partial charge in [-0.3, -0.25) is 4.79 Å². The molecule has 0 radical (unpaired) electrons. The molecule has 128 valence electrons. The van der Waals surface area contributed by atoms with Crippen molar-refractivity contribution in [2.24, 2.45) is 5.92 Å². The molecule has 1 saturated heterocycles. The number of hydrogen-bond donors (Lipinski definition) is 2. The van der Waals surface area contributed by atoms with Crippen molar-refractivity contribution >= 4 is 11.7 Å². The molecule has 23 heavy (non-hydrogen) atoms. The van der Waals surface area contributed by atoms with Gasteiger partial charge in [-0.15, -0.1) is 0 Å². The van der Waals surface area contributed by atoms with E-state index in [-0.39, 0.29) is 5.92 Å². The molecule has 3 N–H and O–H groups in total. The predicted molar refractivity (Wildman–Crippen MR) is 91.7 cm³/mol. The third-order valence-electron chi connectivity index (χ3n) is 4.57. The number of aliphatic carboxylic acids is 1. The van der Waals surface area contributed by atoms with Crippen LogP contribution in [-0.4, -0.2) is 41.7 Å². The molecule has 2 rings (SSSR count). The highest BCUT2D eigenvalue weighted by Crippen LogP contribution is 2.25. The van der Waals surface area contributed by atoms with Gasteiger partial charge < -0.3 is 20.5 Å². The van der Waals surface area contributed by atoms with Crippen molar-refractivity contribution in [2.45, 2.75) is 45.6 Å². The molecule has 1 atom stereocenters. The smallest absolute Gasteiger partial charge is 0.306 e. The van der Waals surface area contributed by atoms with Crippen molar-refractivity contribution in [3.8, 4) is 5.75 Å². The summed E-state index contributed by atoms with van der Waals surface area (Å²) in [6.45, 7) is 6.65. The van der Waals surface area contributed by atoms with E-state index in [0.717, 1.165) is 44.5 Å². The van der Waals surface area contributed by atoms with Crippen LogP contribution in [-0.2, 0) is 11.2 Å². The Labute approximate surface area is 138 Å². The van der Waals surface area contributed by atoms with Crippen LogP contribution in [0.5, 0.6) is 5.75 Å². The molecule has 5 nitrogen and oxygen atoms in total. The molecule has 1 heterocycles. The molecule has 1 aromatic rings. The molecule has 1 aliphatic heterocycles. The van der Waals surface area contributed by atoms with Crippen molar-refractivity contribution in [3.05, 3.63) is 23.8 Å². The van der Waals surface area contributed by atoms with Crippen LogP contribution < -0.4 is 10.5 Å². The number of nitrogens with zero attached hydrogens (tertiary/aromatic N) is 1. The Morgan fingerprint density at radius 2 is 2.13 bits per heavy atom. The maximum atomic E-state index is 11.0. The second kappa shape index (κ2) is 8.20. The van der Waals surface area contributed by atoms with Crippen molar-refractivity contribution in [1.82, 2.24) is 4.90 Å². The summed E-state index contributed by atoms with van der Waals surface area (Å²) in [7, 11) is 0.